The molecule has 1 unspecified atom stereocenters. The lowest BCUT2D eigenvalue weighted by atomic mass is 10.1. The second-order valence-corrected chi connectivity index (χ2v) is 5.21. The van der Waals surface area contributed by atoms with Crippen LogP contribution in [0.4, 0.5) is 0 Å². The average Bonchev–Trinajstić information content (AvgIpc) is 2.48. The first kappa shape index (κ1) is 18.7. The lowest BCUT2D eigenvalue weighted by molar-refractivity contribution is -0.129. The Hall–Kier alpha value is -1.30. The molecule has 2 rings (SSSR count). The summed E-state index contributed by atoms with van der Waals surface area (Å²) in [6.07, 6.45) is -0.118. The van der Waals surface area contributed by atoms with Crippen LogP contribution in [0.25, 0.3) is 0 Å². The molecule has 124 valence electrons. The van der Waals surface area contributed by atoms with Crippen molar-refractivity contribution in [3.8, 4) is 5.75 Å². The lowest BCUT2D eigenvalue weighted by Crippen LogP contribution is -2.55. The standard InChI is InChI=1S/C16H24N2O3.ClH/c1-4-20-14-8-6-5-7-13(14)11(2)18-16(19)15-12(3)21-10-9-17-15;/h5-8,11-12,15,17H,4,9-10H2,1-3H3,(H,18,19);1H/t11?,12-,15+;/m1./s1. The van der Waals surface area contributed by atoms with Crippen LogP contribution in [0.5, 0.6) is 5.75 Å². The molecule has 6 heteroatoms. The van der Waals surface area contributed by atoms with Gasteiger partial charge in [0.25, 0.3) is 0 Å². The minimum atomic E-state index is -0.305. The molecule has 0 aromatic heterocycles. The summed E-state index contributed by atoms with van der Waals surface area (Å²) in [5.41, 5.74) is 0.983. The maximum Gasteiger partial charge on any atom is 0.240 e. The number of amides is 1. The number of nitrogens with one attached hydrogen (secondary N) is 2. The average molecular weight is 329 g/mol. The molecule has 1 saturated heterocycles. The molecule has 5 nitrogen and oxygen atoms in total. The topological polar surface area (TPSA) is 59.6 Å². The Kier molecular flexibility index (Phi) is 7.65. The van der Waals surface area contributed by atoms with Crippen LogP contribution in [0.1, 0.15) is 32.4 Å². The van der Waals surface area contributed by atoms with E-state index in [1.165, 1.54) is 0 Å². The van der Waals surface area contributed by atoms with Crippen molar-refractivity contribution in [3.05, 3.63) is 29.8 Å². The zero-order chi connectivity index (χ0) is 15.2. The highest BCUT2D eigenvalue weighted by Crippen LogP contribution is 2.25. The molecule has 1 aliphatic rings. The molecule has 1 aromatic rings. The Morgan fingerprint density at radius 1 is 1.50 bits per heavy atom. The van der Waals surface area contributed by atoms with E-state index in [-0.39, 0.29) is 36.5 Å². The van der Waals surface area contributed by atoms with Gasteiger partial charge in [0.2, 0.25) is 5.91 Å². The normalized spacial score (nSPS) is 22.3. The van der Waals surface area contributed by atoms with Crippen LogP contribution in [0.3, 0.4) is 0 Å². The Morgan fingerprint density at radius 2 is 2.23 bits per heavy atom. The zero-order valence-corrected chi connectivity index (χ0v) is 14.1. The number of hydrogen-bond donors (Lipinski definition) is 2. The fourth-order valence-corrected chi connectivity index (χ4v) is 2.53. The van der Waals surface area contributed by atoms with Gasteiger partial charge in [0.05, 0.1) is 25.4 Å². The SMILES string of the molecule is CCOc1ccccc1C(C)NC(=O)[C@H]1NCCO[C@@H]1C.Cl. The smallest absolute Gasteiger partial charge is 0.240 e. The van der Waals surface area contributed by atoms with Crippen molar-refractivity contribution in [2.75, 3.05) is 19.8 Å². The molecular formula is C16H25ClN2O3. The Balaban J connectivity index is 0.00000242. The van der Waals surface area contributed by atoms with E-state index in [2.05, 4.69) is 10.6 Å². The van der Waals surface area contributed by atoms with Gasteiger partial charge in [0.15, 0.2) is 0 Å². The molecule has 0 aliphatic carbocycles. The molecule has 1 fully saturated rings. The summed E-state index contributed by atoms with van der Waals surface area (Å²) in [4.78, 5) is 12.4. The van der Waals surface area contributed by atoms with Gasteiger partial charge in [0.1, 0.15) is 11.8 Å². The number of para-hydroxylation sites is 1. The van der Waals surface area contributed by atoms with Crippen molar-refractivity contribution in [2.45, 2.75) is 39.0 Å². The number of ether oxygens (including phenoxy) is 2. The molecule has 22 heavy (non-hydrogen) atoms. The van der Waals surface area contributed by atoms with Gasteiger partial charge in [-0.1, -0.05) is 18.2 Å². The number of rotatable bonds is 5. The van der Waals surface area contributed by atoms with Crippen LogP contribution >= 0.6 is 12.4 Å². The van der Waals surface area contributed by atoms with Crippen LogP contribution < -0.4 is 15.4 Å². The summed E-state index contributed by atoms with van der Waals surface area (Å²) in [5.74, 6) is 0.773. The molecule has 1 aromatic carbocycles. The quantitative estimate of drug-likeness (QED) is 0.868. The van der Waals surface area contributed by atoms with Crippen LogP contribution in [0, 0.1) is 0 Å². The molecule has 1 amide bonds. The van der Waals surface area contributed by atoms with E-state index in [0.29, 0.717) is 19.8 Å². The van der Waals surface area contributed by atoms with E-state index in [9.17, 15) is 4.79 Å². The van der Waals surface area contributed by atoms with Crippen LogP contribution in [0.15, 0.2) is 24.3 Å². The molecule has 0 bridgehead atoms. The van der Waals surface area contributed by atoms with Crippen molar-refractivity contribution in [2.24, 2.45) is 0 Å². The van der Waals surface area contributed by atoms with Gasteiger partial charge in [0, 0.05) is 12.1 Å². The molecule has 3 atom stereocenters. The number of carbonyl (C=O) groups is 1. The van der Waals surface area contributed by atoms with Crippen LogP contribution in [0.2, 0.25) is 0 Å². The summed E-state index contributed by atoms with van der Waals surface area (Å²) >= 11 is 0. The van der Waals surface area contributed by atoms with Gasteiger partial charge in [-0.3, -0.25) is 4.79 Å². The minimum absolute atomic E-state index is 0. The molecule has 2 N–H and O–H groups in total. The van der Waals surface area contributed by atoms with Crippen LogP contribution in [-0.4, -0.2) is 37.8 Å². The number of halogens is 1. The third-order valence-electron chi connectivity index (χ3n) is 3.64. The van der Waals surface area contributed by atoms with Crippen molar-refractivity contribution < 1.29 is 14.3 Å². The van der Waals surface area contributed by atoms with Gasteiger partial charge in [-0.05, 0) is 26.8 Å². The zero-order valence-electron chi connectivity index (χ0n) is 13.3. The fraction of sp³-hybridized carbons (Fsp3) is 0.562. The lowest BCUT2D eigenvalue weighted by Gasteiger charge is -2.30. The first-order valence-electron chi connectivity index (χ1n) is 7.50. The first-order chi connectivity index (χ1) is 10.1. The number of hydrogen-bond acceptors (Lipinski definition) is 4. The van der Waals surface area contributed by atoms with Crippen molar-refractivity contribution in [1.82, 2.24) is 10.6 Å². The predicted molar refractivity (Wildman–Crippen MR) is 88.6 cm³/mol. The molecule has 0 spiro atoms. The van der Waals surface area contributed by atoms with E-state index < -0.39 is 0 Å². The summed E-state index contributed by atoms with van der Waals surface area (Å²) in [7, 11) is 0. The Bertz CT molecular complexity index is 484. The van der Waals surface area contributed by atoms with E-state index >= 15 is 0 Å². The molecule has 1 heterocycles. The molecule has 0 radical (unpaired) electrons. The molecule has 1 aliphatic heterocycles. The van der Waals surface area contributed by atoms with E-state index in [4.69, 9.17) is 9.47 Å². The third-order valence-corrected chi connectivity index (χ3v) is 3.64. The van der Waals surface area contributed by atoms with Gasteiger partial charge < -0.3 is 20.1 Å². The van der Waals surface area contributed by atoms with Crippen molar-refractivity contribution in [3.63, 3.8) is 0 Å². The van der Waals surface area contributed by atoms with E-state index in [1.807, 2.05) is 45.0 Å². The number of benzene rings is 1. The second kappa shape index (κ2) is 8.98. The number of carbonyl (C=O) groups excluding carboxylic acids is 1. The van der Waals surface area contributed by atoms with Crippen LogP contribution in [-0.2, 0) is 9.53 Å². The van der Waals surface area contributed by atoms with Gasteiger partial charge >= 0.3 is 0 Å². The maximum absolute atomic E-state index is 12.4. The Morgan fingerprint density at radius 3 is 2.91 bits per heavy atom. The summed E-state index contributed by atoms with van der Waals surface area (Å²) in [6.45, 7) is 7.77. The van der Waals surface area contributed by atoms with Gasteiger partial charge in [-0.25, -0.2) is 0 Å². The third kappa shape index (κ3) is 4.60. The maximum atomic E-state index is 12.4. The molecular weight excluding hydrogens is 304 g/mol. The van der Waals surface area contributed by atoms with E-state index in [1.54, 1.807) is 0 Å². The summed E-state index contributed by atoms with van der Waals surface area (Å²) in [6, 6.07) is 7.36. The monoisotopic (exact) mass is 328 g/mol. The Labute approximate surface area is 138 Å². The van der Waals surface area contributed by atoms with Gasteiger partial charge in [-0.2, -0.15) is 0 Å². The summed E-state index contributed by atoms with van der Waals surface area (Å²) < 4.78 is 11.1. The fourth-order valence-electron chi connectivity index (χ4n) is 2.53. The van der Waals surface area contributed by atoms with E-state index in [0.717, 1.165) is 11.3 Å². The highest BCUT2D eigenvalue weighted by Gasteiger charge is 2.29. The molecule has 0 saturated carbocycles. The van der Waals surface area contributed by atoms with Crippen molar-refractivity contribution >= 4 is 18.3 Å². The second-order valence-electron chi connectivity index (χ2n) is 5.21. The predicted octanol–water partition coefficient (Wildman–Crippen LogP) is 2.06. The first-order valence-corrected chi connectivity index (χ1v) is 7.50. The highest BCUT2D eigenvalue weighted by atomic mass is 35.5. The summed E-state index contributed by atoms with van der Waals surface area (Å²) in [5, 5.41) is 6.23. The van der Waals surface area contributed by atoms with Gasteiger partial charge in [-0.15, -0.1) is 12.4 Å². The highest BCUT2D eigenvalue weighted by molar-refractivity contribution is 5.85. The number of morpholine rings is 1. The largest absolute Gasteiger partial charge is 0.494 e. The van der Waals surface area contributed by atoms with Crippen molar-refractivity contribution in [1.29, 1.82) is 0 Å². The minimum Gasteiger partial charge on any atom is -0.494 e.